The van der Waals surface area contributed by atoms with Crippen molar-refractivity contribution in [1.29, 1.82) is 0 Å². The third-order valence-electron chi connectivity index (χ3n) is 3.35. The van der Waals surface area contributed by atoms with E-state index in [1.807, 2.05) is 35.6 Å². The van der Waals surface area contributed by atoms with E-state index in [1.54, 1.807) is 0 Å². The molecule has 2 aromatic heterocycles. The van der Waals surface area contributed by atoms with Gasteiger partial charge in [0, 0.05) is 11.4 Å². The topological polar surface area (TPSA) is 38.1 Å². The normalized spacial score (nSPS) is 19.0. The highest BCUT2D eigenvalue weighted by molar-refractivity contribution is 7.10. The van der Waals surface area contributed by atoms with Crippen LogP contribution in [0.25, 0.3) is 11.1 Å². The van der Waals surface area contributed by atoms with Gasteiger partial charge < -0.3 is 9.73 Å². The van der Waals surface area contributed by atoms with E-state index in [0.717, 1.165) is 30.0 Å². The monoisotopic (exact) mass is 256 g/mol. The highest BCUT2D eigenvalue weighted by Crippen LogP contribution is 2.32. The van der Waals surface area contributed by atoms with E-state index < -0.39 is 0 Å². The number of aromatic nitrogens is 1. The van der Waals surface area contributed by atoms with Crippen LogP contribution < -0.4 is 5.32 Å². The van der Waals surface area contributed by atoms with Crippen LogP contribution in [0, 0.1) is 0 Å². The Morgan fingerprint density at radius 2 is 2.22 bits per heavy atom. The maximum Gasteiger partial charge on any atom is 0.217 e. The van der Waals surface area contributed by atoms with E-state index in [-0.39, 0.29) is 6.04 Å². The van der Waals surface area contributed by atoms with Crippen molar-refractivity contribution in [3.8, 4) is 0 Å². The summed E-state index contributed by atoms with van der Waals surface area (Å²) in [4.78, 5) is 6.04. The molecule has 1 aromatic carbocycles. The number of nitrogens with one attached hydrogen (secondary N) is 1. The van der Waals surface area contributed by atoms with Crippen molar-refractivity contribution in [2.24, 2.45) is 0 Å². The number of para-hydroxylation sites is 2. The summed E-state index contributed by atoms with van der Waals surface area (Å²) in [5.74, 6) is 0.774. The molecule has 0 saturated heterocycles. The van der Waals surface area contributed by atoms with Gasteiger partial charge in [0.25, 0.3) is 0 Å². The van der Waals surface area contributed by atoms with E-state index in [1.165, 1.54) is 10.4 Å². The van der Waals surface area contributed by atoms with Gasteiger partial charge in [0.2, 0.25) is 5.89 Å². The molecule has 0 aliphatic carbocycles. The Morgan fingerprint density at radius 3 is 3.17 bits per heavy atom. The zero-order valence-corrected chi connectivity index (χ0v) is 10.5. The molecule has 1 aliphatic rings. The van der Waals surface area contributed by atoms with E-state index in [0.29, 0.717) is 0 Å². The van der Waals surface area contributed by atoms with Crippen LogP contribution in [0.4, 0.5) is 0 Å². The lowest BCUT2D eigenvalue weighted by atomic mass is 10.0. The molecule has 0 saturated carbocycles. The summed E-state index contributed by atoms with van der Waals surface area (Å²) in [6.45, 7) is 0.983. The molecule has 1 aliphatic heterocycles. The van der Waals surface area contributed by atoms with Crippen LogP contribution in [0.5, 0.6) is 0 Å². The van der Waals surface area contributed by atoms with E-state index in [9.17, 15) is 0 Å². The molecule has 1 N–H and O–H groups in total. The van der Waals surface area contributed by atoms with Crippen LogP contribution in [-0.4, -0.2) is 11.5 Å². The first-order valence-electron chi connectivity index (χ1n) is 6.07. The fraction of sp³-hybridized carbons (Fsp3) is 0.214. The standard InChI is InChI=1S/C14H12N2OS/c1-2-4-11-10(3-1)16-14(17-11)13-9-6-8-18-12(9)5-7-15-13/h1-4,6,8,13,15H,5,7H2. The van der Waals surface area contributed by atoms with Crippen LogP contribution in [0.15, 0.2) is 40.1 Å². The van der Waals surface area contributed by atoms with Gasteiger partial charge in [0.15, 0.2) is 5.58 Å². The Bertz CT molecular complexity index is 667. The van der Waals surface area contributed by atoms with Gasteiger partial charge in [-0.15, -0.1) is 11.3 Å². The first kappa shape index (κ1) is 10.3. The molecule has 0 spiro atoms. The number of rotatable bonds is 1. The summed E-state index contributed by atoms with van der Waals surface area (Å²) >= 11 is 1.82. The Morgan fingerprint density at radius 1 is 1.28 bits per heavy atom. The first-order chi connectivity index (χ1) is 8.92. The molecule has 0 fully saturated rings. The molecule has 3 nitrogen and oxygen atoms in total. The van der Waals surface area contributed by atoms with E-state index in [2.05, 4.69) is 21.7 Å². The molecule has 3 heterocycles. The third kappa shape index (κ3) is 1.50. The molecule has 3 aromatic rings. The maximum atomic E-state index is 5.86. The Balaban J connectivity index is 1.84. The molecule has 18 heavy (non-hydrogen) atoms. The molecule has 4 heteroatoms. The molecule has 4 rings (SSSR count). The second kappa shape index (κ2) is 3.93. The highest BCUT2D eigenvalue weighted by atomic mass is 32.1. The number of benzene rings is 1. The third-order valence-corrected chi connectivity index (χ3v) is 4.35. The Hall–Kier alpha value is -1.65. The molecule has 0 bridgehead atoms. The quantitative estimate of drug-likeness (QED) is 0.727. The zero-order chi connectivity index (χ0) is 11.9. The second-order valence-electron chi connectivity index (χ2n) is 4.46. The van der Waals surface area contributed by atoms with Gasteiger partial charge in [-0.05, 0) is 35.6 Å². The highest BCUT2D eigenvalue weighted by Gasteiger charge is 2.26. The van der Waals surface area contributed by atoms with Crippen molar-refractivity contribution >= 4 is 22.4 Å². The van der Waals surface area contributed by atoms with Crippen molar-refractivity contribution in [2.45, 2.75) is 12.5 Å². The lowest BCUT2D eigenvalue weighted by Crippen LogP contribution is -2.29. The number of nitrogens with zero attached hydrogens (tertiary/aromatic N) is 1. The molecule has 0 amide bonds. The van der Waals surface area contributed by atoms with Crippen molar-refractivity contribution < 1.29 is 4.42 Å². The van der Waals surface area contributed by atoms with Crippen LogP contribution in [0.3, 0.4) is 0 Å². The molecular formula is C14H12N2OS. The summed E-state index contributed by atoms with van der Waals surface area (Å²) in [6, 6.07) is 10.2. The van der Waals surface area contributed by atoms with Crippen LogP contribution >= 0.6 is 11.3 Å². The van der Waals surface area contributed by atoms with Gasteiger partial charge in [-0.1, -0.05) is 12.1 Å². The van der Waals surface area contributed by atoms with E-state index >= 15 is 0 Å². The van der Waals surface area contributed by atoms with Crippen molar-refractivity contribution in [1.82, 2.24) is 10.3 Å². The number of thiophene rings is 1. The minimum absolute atomic E-state index is 0.104. The number of hydrogen-bond donors (Lipinski definition) is 1. The van der Waals surface area contributed by atoms with Crippen LogP contribution in [0.2, 0.25) is 0 Å². The largest absolute Gasteiger partial charge is 0.439 e. The number of fused-ring (bicyclic) bond motifs is 2. The minimum atomic E-state index is 0.104. The second-order valence-corrected chi connectivity index (χ2v) is 5.46. The molecule has 1 unspecified atom stereocenters. The van der Waals surface area contributed by atoms with Crippen LogP contribution in [-0.2, 0) is 6.42 Å². The summed E-state index contributed by atoms with van der Waals surface area (Å²) < 4.78 is 5.86. The van der Waals surface area contributed by atoms with Crippen molar-refractivity contribution in [2.75, 3.05) is 6.54 Å². The fourth-order valence-electron chi connectivity index (χ4n) is 2.48. The zero-order valence-electron chi connectivity index (χ0n) is 9.72. The molecule has 1 atom stereocenters. The van der Waals surface area contributed by atoms with Crippen molar-refractivity contribution in [3.05, 3.63) is 52.0 Å². The predicted molar refractivity (Wildman–Crippen MR) is 71.9 cm³/mol. The number of oxazole rings is 1. The first-order valence-corrected chi connectivity index (χ1v) is 6.95. The molecular weight excluding hydrogens is 244 g/mol. The predicted octanol–water partition coefficient (Wildman–Crippen LogP) is 3.12. The van der Waals surface area contributed by atoms with Gasteiger partial charge in [0.1, 0.15) is 11.6 Å². The maximum absolute atomic E-state index is 5.86. The van der Waals surface area contributed by atoms with Crippen molar-refractivity contribution in [3.63, 3.8) is 0 Å². The summed E-state index contributed by atoms with van der Waals surface area (Å²) in [5, 5.41) is 5.64. The van der Waals surface area contributed by atoms with E-state index in [4.69, 9.17) is 4.42 Å². The summed E-state index contributed by atoms with van der Waals surface area (Å²) in [7, 11) is 0. The number of hydrogen-bond acceptors (Lipinski definition) is 4. The fourth-order valence-corrected chi connectivity index (χ4v) is 3.41. The SMILES string of the molecule is c1ccc2oc(C3NCCc4sccc43)nc2c1. The smallest absolute Gasteiger partial charge is 0.217 e. The average molecular weight is 256 g/mol. The Kier molecular flexibility index (Phi) is 2.25. The molecule has 0 radical (unpaired) electrons. The summed E-state index contributed by atoms with van der Waals surface area (Å²) in [5.41, 5.74) is 3.10. The van der Waals surface area contributed by atoms with Gasteiger partial charge in [-0.25, -0.2) is 4.98 Å². The van der Waals surface area contributed by atoms with Gasteiger partial charge >= 0.3 is 0 Å². The molecule has 90 valence electrons. The average Bonchev–Trinajstić information content (AvgIpc) is 3.04. The van der Waals surface area contributed by atoms with Crippen LogP contribution in [0.1, 0.15) is 22.4 Å². The van der Waals surface area contributed by atoms with Gasteiger partial charge in [-0.2, -0.15) is 0 Å². The lowest BCUT2D eigenvalue weighted by Gasteiger charge is -2.21. The lowest BCUT2D eigenvalue weighted by molar-refractivity contribution is 0.442. The Labute approximate surface area is 108 Å². The van der Waals surface area contributed by atoms with Gasteiger partial charge in [0.05, 0.1) is 0 Å². The minimum Gasteiger partial charge on any atom is -0.439 e. The summed E-state index contributed by atoms with van der Waals surface area (Å²) in [6.07, 6.45) is 1.10. The van der Waals surface area contributed by atoms with Gasteiger partial charge in [-0.3, -0.25) is 0 Å².